The third kappa shape index (κ3) is 7.94. The van der Waals surface area contributed by atoms with Gasteiger partial charge in [0.1, 0.15) is 17.8 Å². The molecular formula is C34H39N5O5. The number of fused-ring (bicyclic) bond motifs is 1. The number of rotatable bonds is 12. The molecule has 2 aliphatic rings. The number of nitrogen functional groups attached to an aromatic ring is 1. The summed E-state index contributed by atoms with van der Waals surface area (Å²) < 4.78 is 10.8. The average Bonchev–Trinajstić information content (AvgIpc) is 3.53. The molecule has 1 unspecified atom stereocenters. The molecule has 1 aliphatic heterocycles. The molecular weight excluding hydrogens is 558 g/mol. The van der Waals surface area contributed by atoms with Crippen LogP contribution in [0.3, 0.4) is 0 Å². The molecule has 0 aromatic heterocycles. The fourth-order valence-corrected chi connectivity index (χ4v) is 5.74. The maximum Gasteiger partial charge on any atom is 0.243 e. The van der Waals surface area contributed by atoms with Crippen molar-refractivity contribution in [2.24, 2.45) is 17.6 Å². The van der Waals surface area contributed by atoms with Crippen molar-refractivity contribution in [2.45, 2.75) is 57.7 Å². The highest BCUT2D eigenvalue weighted by molar-refractivity contribution is 6.02. The zero-order chi connectivity index (χ0) is 30.9. The van der Waals surface area contributed by atoms with Gasteiger partial charge in [0.2, 0.25) is 24.5 Å². The number of ether oxygens (including phenoxy) is 2. The molecule has 1 fully saturated rings. The average molecular weight is 598 g/mol. The van der Waals surface area contributed by atoms with Gasteiger partial charge < -0.3 is 31.2 Å². The van der Waals surface area contributed by atoms with E-state index in [0.717, 1.165) is 48.8 Å². The second-order valence-electron chi connectivity index (χ2n) is 11.4. The summed E-state index contributed by atoms with van der Waals surface area (Å²) in [4.78, 5) is 41.1. The van der Waals surface area contributed by atoms with Crippen molar-refractivity contribution in [3.05, 3.63) is 95.1 Å². The van der Waals surface area contributed by atoms with Crippen LogP contribution in [0.15, 0.2) is 72.8 Å². The maximum absolute atomic E-state index is 13.9. The smallest absolute Gasteiger partial charge is 0.243 e. The first-order valence-electron chi connectivity index (χ1n) is 15.1. The van der Waals surface area contributed by atoms with Gasteiger partial charge in [-0.05, 0) is 54.0 Å². The van der Waals surface area contributed by atoms with Gasteiger partial charge in [0.25, 0.3) is 0 Å². The molecule has 0 spiro atoms. The van der Waals surface area contributed by atoms with Crippen LogP contribution < -0.4 is 31.2 Å². The Hall–Kier alpha value is -4.86. The van der Waals surface area contributed by atoms with Crippen LogP contribution in [0.5, 0.6) is 11.5 Å². The lowest BCUT2D eigenvalue weighted by atomic mass is 9.83. The molecule has 0 radical (unpaired) electrons. The zero-order valence-corrected chi connectivity index (χ0v) is 24.6. The number of hydrogen-bond donors (Lipinski definition) is 5. The Labute approximate surface area is 257 Å². The van der Waals surface area contributed by atoms with Crippen LogP contribution in [-0.2, 0) is 33.9 Å². The zero-order valence-electron chi connectivity index (χ0n) is 24.6. The molecule has 10 nitrogen and oxygen atoms in total. The lowest BCUT2D eigenvalue weighted by molar-refractivity contribution is -0.138. The van der Waals surface area contributed by atoms with Crippen LogP contribution in [0, 0.1) is 17.2 Å². The third-order valence-corrected chi connectivity index (χ3v) is 8.25. The van der Waals surface area contributed by atoms with Crippen molar-refractivity contribution >= 4 is 23.6 Å². The fraction of sp³-hybridized carbons (Fsp3) is 0.353. The lowest BCUT2D eigenvalue weighted by Crippen LogP contribution is -2.54. The predicted octanol–water partition coefficient (Wildman–Crippen LogP) is 3.56. The van der Waals surface area contributed by atoms with Crippen LogP contribution in [0.25, 0.3) is 0 Å². The standard InChI is InChI=1S/C34H39N5O5/c35-31(36)26-14-11-22(12-15-26)17-27(32(40)37-19-23-7-3-1-4-8-23)33(41)39-30(25-9-5-2-6-10-25)34(42)38-20-24-13-16-28-29(18-24)44-21-43-28/h1,3-4,7-8,11-16,18,25,27,30H,2,5-6,9-10,17,19-21H2,(H3,35,36)(H,37,40)(H,38,42)(H,39,41)/t27?,30-/m0/s1. The Balaban J connectivity index is 1.32. The van der Waals surface area contributed by atoms with Crippen molar-refractivity contribution < 1.29 is 23.9 Å². The minimum absolute atomic E-state index is 0.0349. The first-order chi connectivity index (χ1) is 21.4. The Morgan fingerprint density at radius 2 is 1.43 bits per heavy atom. The van der Waals surface area contributed by atoms with E-state index in [9.17, 15) is 14.4 Å². The van der Waals surface area contributed by atoms with Crippen LogP contribution in [-0.4, -0.2) is 36.4 Å². The van der Waals surface area contributed by atoms with Gasteiger partial charge in [-0.25, -0.2) is 0 Å². The summed E-state index contributed by atoms with van der Waals surface area (Å²) in [6.45, 7) is 0.703. The monoisotopic (exact) mass is 597 g/mol. The highest BCUT2D eigenvalue weighted by Gasteiger charge is 2.35. The number of benzene rings is 3. The van der Waals surface area contributed by atoms with Crippen molar-refractivity contribution in [1.29, 1.82) is 5.41 Å². The van der Waals surface area contributed by atoms with Crippen LogP contribution in [0.4, 0.5) is 0 Å². The quantitative estimate of drug-likeness (QED) is 0.122. The summed E-state index contributed by atoms with van der Waals surface area (Å²) in [6.07, 6.45) is 4.82. The summed E-state index contributed by atoms with van der Waals surface area (Å²) in [6, 6.07) is 21.1. The Kier molecular flexibility index (Phi) is 10.1. The molecule has 10 heteroatoms. The van der Waals surface area contributed by atoms with Crippen molar-refractivity contribution in [3.63, 3.8) is 0 Å². The molecule has 3 aromatic rings. The minimum atomic E-state index is -1.07. The van der Waals surface area contributed by atoms with Gasteiger partial charge in [0.15, 0.2) is 11.5 Å². The Bertz CT molecular complexity index is 1470. The number of hydrogen-bond acceptors (Lipinski definition) is 6. The van der Waals surface area contributed by atoms with Crippen molar-refractivity contribution in [3.8, 4) is 11.5 Å². The lowest BCUT2D eigenvalue weighted by Gasteiger charge is -2.31. The Morgan fingerprint density at radius 3 is 2.16 bits per heavy atom. The van der Waals surface area contributed by atoms with E-state index in [1.165, 1.54) is 0 Å². The fourth-order valence-electron chi connectivity index (χ4n) is 5.74. The summed E-state index contributed by atoms with van der Waals surface area (Å²) in [5, 5.41) is 16.5. The largest absolute Gasteiger partial charge is 0.454 e. The van der Waals surface area contributed by atoms with Gasteiger partial charge in [-0.15, -0.1) is 0 Å². The molecule has 2 atom stereocenters. The Morgan fingerprint density at radius 1 is 0.773 bits per heavy atom. The van der Waals surface area contributed by atoms with Gasteiger partial charge >= 0.3 is 0 Å². The van der Waals surface area contributed by atoms with Gasteiger partial charge in [-0.1, -0.05) is 79.9 Å². The number of carbonyl (C=O) groups is 3. The topological polar surface area (TPSA) is 156 Å². The van der Waals surface area contributed by atoms with Crippen LogP contribution >= 0.6 is 0 Å². The summed E-state index contributed by atoms with van der Waals surface area (Å²) in [5.74, 6) is -1.08. The number of amidine groups is 1. The second-order valence-corrected chi connectivity index (χ2v) is 11.4. The van der Waals surface area contributed by atoms with E-state index in [0.29, 0.717) is 17.1 Å². The molecule has 1 heterocycles. The van der Waals surface area contributed by atoms with Gasteiger partial charge in [0, 0.05) is 18.7 Å². The number of nitrogens with one attached hydrogen (secondary N) is 4. The third-order valence-electron chi connectivity index (χ3n) is 8.25. The number of nitrogens with two attached hydrogens (primary N) is 1. The van der Waals surface area contributed by atoms with E-state index in [2.05, 4.69) is 16.0 Å². The second kappa shape index (κ2) is 14.5. The molecule has 230 valence electrons. The molecule has 5 rings (SSSR count). The number of amides is 3. The molecule has 1 saturated carbocycles. The van der Waals surface area contributed by atoms with Gasteiger partial charge in [-0.3, -0.25) is 19.8 Å². The van der Waals surface area contributed by atoms with E-state index in [4.69, 9.17) is 20.6 Å². The highest BCUT2D eigenvalue weighted by Crippen LogP contribution is 2.32. The first-order valence-corrected chi connectivity index (χ1v) is 15.1. The maximum atomic E-state index is 13.9. The van der Waals surface area contributed by atoms with Gasteiger partial charge in [0.05, 0.1) is 0 Å². The highest BCUT2D eigenvalue weighted by atomic mass is 16.7. The van der Waals surface area contributed by atoms with Crippen molar-refractivity contribution in [1.82, 2.24) is 16.0 Å². The minimum Gasteiger partial charge on any atom is -0.454 e. The number of carbonyl (C=O) groups excluding carboxylic acids is 3. The van der Waals surface area contributed by atoms with E-state index in [1.807, 2.05) is 48.5 Å². The molecule has 1 aliphatic carbocycles. The van der Waals surface area contributed by atoms with E-state index in [-0.39, 0.29) is 44.0 Å². The van der Waals surface area contributed by atoms with Crippen LogP contribution in [0.1, 0.15) is 54.4 Å². The molecule has 3 amide bonds. The molecule has 44 heavy (non-hydrogen) atoms. The molecule has 0 saturated heterocycles. The molecule has 6 N–H and O–H groups in total. The summed E-state index contributed by atoms with van der Waals surface area (Å²) in [5.41, 5.74) is 8.66. The summed E-state index contributed by atoms with van der Waals surface area (Å²) in [7, 11) is 0. The first kappa shape index (κ1) is 30.6. The molecule has 0 bridgehead atoms. The van der Waals surface area contributed by atoms with Gasteiger partial charge in [-0.2, -0.15) is 0 Å². The van der Waals surface area contributed by atoms with Crippen molar-refractivity contribution in [2.75, 3.05) is 6.79 Å². The summed E-state index contributed by atoms with van der Waals surface area (Å²) >= 11 is 0. The normalized spacial score (nSPS) is 15.5. The SMILES string of the molecule is N=C(N)c1ccc(CC(C(=O)NCc2ccccc2)C(=O)N[C@H](C(=O)NCc2ccc3c(c2)OCO3)C2CCCCC2)cc1. The van der Waals surface area contributed by atoms with E-state index < -0.39 is 23.8 Å². The van der Waals surface area contributed by atoms with E-state index >= 15 is 0 Å². The predicted molar refractivity (Wildman–Crippen MR) is 166 cm³/mol. The van der Waals surface area contributed by atoms with Crippen LogP contribution in [0.2, 0.25) is 0 Å². The van der Waals surface area contributed by atoms with E-state index in [1.54, 1.807) is 24.3 Å². The molecule has 3 aromatic carbocycles.